The molecule has 2 N–H and O–H groups in total. The first-order chi connectivity index (χ1) is 3.83. The Morgan fingerprint density at radius 3 is 2.75 bits per heavy atom. The first-order valence-corrected chi connectivity index (χ1v) is 2.73. The monoisotopic (exact) mass is 111 g/mol. The van der Waals surface area contributed by atoms with E-state index in [1.165, 1.54) is 0 Å². The predicted octanol–water partition coefficient (Wildman–Crippen LogP) is -0.500. The van der Waals surface area contributed by atoms with E-state index in [4.69, 9.17) is 11.0 Å². The molecule has 0 amide bonds. The quantitative estimate of drug-likeness (QED) is 0.429. The van der Waals surface area contributed by atoms with Crippen LogP contribution in [-0.2, 0) is 0 Å². The first-order valence-electron chi connectivity index (χ1n) is 2.73. The molecule has 44 valence electrons. The molecule has 0 aliphatic carbocycles. The van der Waals surface area contributed by atoms with E-state index < -0.39 is 0 Å². The van der Waals surface area contributed by atoms with Crippen molar-refractivity contribution in [3.05, 3.63) is 0 Å². The molecule has 1 saturated heterocycles. The van der Waals surface area contributed by atoms with Gasteiger partial charge in [0.2, 0.25) is 0 Å². The van der Waals surface area contributed by atoms with Gasteiger partial charge in [-0.05, 0) is 6.42 Å². The Labute approximate surface area is 48.7 Å². The lowest BCUT2D eigenvalue weighted by molar-refractivity contribution is 0.479. The summed E-state index contributed by atoms with van der Waals surface area (Å²) in [6, 6.07) is 0.231. The zero-order valence-electron chi connectivity index (χ0n) is 4.67. The normalized spacial score (nSPS) is 28.0. The zero-order chi connectivity index (χ0) is 5.98. The van der Waals surface area contributed by atoms with Gasteiger partial charge in [0, 0.05) is 19.1 Å². The van der Waals surface area contributed by atoms with Crippen molar-refractivity contribution in [2.45, 2.75) is 12.5 Å². The fourth-order valence-corrected chi connectivity index (χ4v) is 0.878. The summed E-state index contributed by atoms with van der Waals surface area (Å²) in [5.74, 6) is 0. The summed E-state index contributed by atoms with van der Waals surface area (Å²) in [7, 11) is 0. The molecule has 0 aromatic carbocycles. The lowest BCUT2D eigenvalue weighted by atomic mass is 10.3. The van der Waals surface area contributed by atoms with Crippen LogP contribution in [0.2, 0.25) is 0 Å². The van der Waals surface area contributed by atoms with Gasteiger partial charge >= 0.3 is 0 Å². The van der Waals surface area contributed by atoms with Crippen LogP contribution < -0.4 is 5.73 Å². The smallest absolute Gasteiger partial charge is 0.179 e. The Hall–Kier alpha value is -0.750. The Kier molecular flexibility index (Phi) is 1.36. The van der Waals surface area contributed by atoms with E-state index in [0.29, 0.717) is 0 Å². The summed E-state index contributed by atoms with van der Waals surface area (Å²) < 4.78 is 0. The molecule has 0 bridgehead atoms. The Bertz CT molecular complexity index is 115. The van der Waals surface area contributed by atoms with Crippen molar-refractivity contribution < 1.29 is 0 Å². The SMILES string of the molecule is N#CN1CC[C@@H](N)C1. The maximum Gasteiger partial charge on any atom is 0.179 e. The number of hydrogen-bond acceptors (Lipinski definition) is 3. The van der Waals surface area contributed by atoms with Gasteiger partial charge in [0.05, 0.1) is 0 Å². The van der Waals surface area contributed by atoms with Crippen LogP contribution in [0.4, 0.5) is 0 Å². The van der Waals surface area contributed by atoms with Gasteiger partial charge in [0.1, 0.15) is 0 Å². The molecule has 1 heterocycles. The van der Waals surface area contributed by atoms with Gasteiger partial charge in [0.15, 0.2) is 6.19 Å². The van der Waals surface area contributed by atoms with Gasteiger partial charge in [-0.15, -0.1) is 0 Å². The third-order valence-electron chi connectivity index (χ3n) is 1.37. The molecule has 3 nitrogen and oxygen atoms in total. The van der Waals surface area contributed by atoms with Crippen LogP contribution in [0.1, 0.15) is 6.42 Å². The van der Waals surface area contributed by atoms with Crippen LogP contribution in [-0.4, -0.2) is 24.0 Å². The number of nitrogens with zero attached hydrogens (tertiary/aromatic N) is 2. The van der Waals surface area contributed by atoms with E-state index >= 15 is 0 Å². The van der Waals surface area contributed by atoms with E-state index in [1.807, 2.05) is 6.19 Å². The Morgan fingerprint density at radius 1 is 1.75 bits per heavy atom. The molecule has 0 aromatic heterocycles. The third kappa shape index (κ3) is 0.903. The molecule has 8 heavy (non-hydrogen) atoms. The topological polar surface area (TPSA) is 53.0 Å². The zero-order valence-corrected chi connectivity index (χ0v) is 4.67. The number of nitrogens with two attached hydrogens (primary N) is 1. The number of rotatable bonds is 0. The fraction of sp³-hybridized carbons (Fsp3) is 0.800. The minimum atomic E-state index is 0.231. The van der Waals surface area contributed by atoms with Gasteiger partial charge in [-0.25, -0.2) is 0 Å². The van der Waals surface area contributed by atoms with Crippen LogP contribution in [0.5, 0.6) is 0 Å². The van der Waals surface area contributed by atoms with Crippen molar-refractivity contribution >= 4 is 0 Å². The van der Waals surface area contributed by atoms with E-state index in [2.05, 4.69) is 0 Å². The highest BCUT2D eigenvalue weighted by molar-refractivity contribution is 4.85. The van der Waals surface area contributed by atoms with E-state index in [0.717, 1.165) is 19.5 Å². The summed E-state index contributed by atoms with van der Waals surface area (Å²) in [4.78, 5) is 1.69. The minimum absolute atomic E-state index is 0.231. The van der Waals surface area contributed by atoms with Gasteiger partial charge < -0.3 is 10.6 Å². The van der Waals surface area contributed by atoms with Crippen LogP contribution in [0, 0.1) is 11.5 Å². The molecule has 0 spiro atoms. The van der Waals surface area contributed by atoms with E-state index in [9.17, 15) is 0 Å². The molecule has 0 radical (unpaired) electrons. The average molecular weight is 111 g/mol. The summed E-state index contributed by atoms with van der Waals surface area (Å²) in [5, 5.41) is 8.30. The Balaban J connectivity index is 2.35. The highest BCUT2D eigenvalue weighted by atomic mass is 15.2. The maximum atomic E-state index is 8.30. The van der Waals surface area contributed by atoms with Gasteiger partial charge in [-0.2, -0.15) is 5.26 Å². The first kappa shape index (κ1) is 5.39. The van der Waals surface area contributed by atoms with Crippen LogP contribution in [0.25, 0.3) is 0 Å². The van der Waals surface area contributed by atoms with Crippen LogP contribution in [0.3, 0.4) is 0 Å². The molecule has 0 unspecified atom stereocenters. The lowest BCUT2D eigenvalue weighted by Gasteiger charge is -2.02. The largest absolute Gasteiger partial charge is 0.326 e. The van der Waals surface area contributed by atoms with Crippen molar-refractivity contribution in [3.8, 4) is 6.19 Å². The highest BCUT2D eigenvalue weighted by Gasteiger charge is 2.16. The van der Waals surface area contributed by atoms with Crippen LogP contribution >= 0.6 is 0 Å². The molecule has 1 aliphatic heterocycles. The minimum Gasteiger partial charge on any atom is -0.326 e. The van der Waals surface area contributed by atoms with Crippen molar-refractivity contribution in [3.63, 3.8) is 0 Å². The van der Waals surface area contributed by atoms with Crippen molar-refractivity contribution in [1.82, 2.24) is 4.90 Å². The van der Waals surface area contributed by atoms with Crippen LogP contribution in [0.15, 0.2) is 0 Å². The molecule has 1 rings (SSSR count). The molecule has 1 fully saturated rings. The highest BCUT2D eigenvalue weighted by Crippen LogP contribution is 2.03. The number of nitriles is 1. The third-order valence-corrected chi connectivity index (χ3v) is 1.37. The lowest BCUT2D eigenvalue weighted by Crippen LogP contribution is -2.23. The summed E-state index contributed by atoms with van der Waals surface area (Å²) in [5.41, 5.74) is 5.51. The number of likely N-dealkylation sites (tertiary alicyclic amines) is 1. The van der Waals surface area contributed by atoms with Crippen molar-refractivity contribution in [2.24, 2.45) is 5.73 Å². The van der Waals surface area contributed by atoms with Crippen molar-refractivity contribution in [2.75, 3.05) is 13.1 Å². The second-order valence-electron chi connectivity index (χ2n) is 2.09. The van der Waals surface area contributed by atoms with Gasteiger partial charge in [-0.3, -0.25) is 0 Å². The molecule has 1 atom stereocenters. The second kappa shape index (κ2) is 2.01. The number of hydrogen-bond donors (Lipinski definition) is 1. The molecule has 0 saturated carbocycles. The fourth-order valence-electron chi connectivity index (χ4n) is 0.878. The predicted molar refractivity (Wildman–Crippen MR) is 29.8 cm³/mol. The van der Waals surface area contributed by atoms with E-state index in [1.54, 1.807) is 4.90 Å². The molecule has 0 aromatic rings. The Morgan fingerprint density at radius 2 is 2.50 bits per heavy atom. The average Bonchev–Trinajstić information content (AvgIpc) is 2.14. The summed E-state index contributed by atoms with van der Waals surface area (Å²) in [6.07, 6.45) is 3.01. The molecular weight excluding hydrogens is 102 g/mol. The van der Waals surface area contributed by atoms with Gasteiger partial charge in [0.25, 0.3) is 0 Å². The van der Waals surface area contributed by atoms with Gasteiger partial charge in [-0.1, -0.05) is 0 Å². The molecular formula is C5H9N3. The maximum absolute atomic E-state index is 8.30. The second-order valence-corrected chi connectivity index (χ2v) is 2.09. The summed E-state index contributed by atoms with van der Waals surface area (Å²) >= 11 is 0. The molecule has 3 heteroatoms. The van der Waals surface area contributed by atoms with Crippen molar-refractivity contribution in [1.29, 1.82) is 5.26 Å². The molecule has 1 aliphatic rings. The summed E-state index contributed by atoms with van der Waals surface area (Å²) in [6.45, 7) is 1.59. The standard InChI is InChI=1S/C5H9N3/c6-4-8-2-1-5(7)3-8/h5H,1-3,7H2/t5-/m1/s1. The van der Waals surface area contributed by atoms with E-state index in [-0.39, 0.29) is 6.04 Å².